The second-order valence-electron chi connectivity index (χ2n) is 12.3. The van der Waals surface area contributed by atoms with Crippen molar-refractivity contribution in [2.75, 3.05) is 93.2 Å². The maximum atomic E-state index is 12.5. The minimum atomic E-state index is -0.00412. The Morgan fingerprint density at radius 1 is 0.854 bits per heavy atom. The van der Waals surface area contributed by atoms with E-state index in [1.165, 1.54) is 19.3 Å². The highest BCUT2D eigenvalue weighted by atomic mass is 16.5. The van der Waals surface area contributed by atoms with Crippen LogP contribution in [0, 0.1) is 4.91 Å². The number of hydrogen-bond acceptors (Lipinski definition) is 13. The van der Waals surface area contributed by atoms with Crippen molar-refractivity contribution < 1.29 is 14.3 Å². The topological polar surface area (TPSA) is 158 Å². The number of piperazine rings is 1. The minimum absolute atomic E-state index is 0.00412. The molecule has 48 heavy (non-hydrogen) atoms. The van der Waals surface area contributed by atoms with Gasteiger partial charge in [0.1, 0.15) is 5.69 Å². The Hall–Kier alpha value is -4.14. The highest BCUT2D eigenvalue weighted by molar-refractivity contribution is 5.78. The summed E-state index contributed by atoms with van der Waals surface area (Å²) in [5.74, 6) is 1.77. The number of aromatic nitrogens is 3. The Kier molecular flexibility index (Phi) is 13.9. The largest absolute Gasteiger partial charge is 0.378 e. The van der Waals surface area contributed by atoms with E-state index in [1.807, 2.05) is 31.3 Å². The number of anilines is 4. The normalized spacial score (nSPS) is 17.0. The van der Waals surface area contributed by atoms with Crippen LogP contribution in [-0.2, 0) is 14.3 Å². The molecule has 14 nitrogen and oxygen atoms in total. The number of nitroso groups, excluding NO2 is 1. The highest BCUT2D eigenvalue weighted by Crippen LogP contribution is 2.26. The van der Waals surface area contributed by atoms with Crippen LogP contribution < -0.4 is 31.1 Å². The molecule has 1 aliphatic heterocycles. The van der Waals surface area contributed by atoms with Crippen molar-refractivity contribution in [1.82, 2.24) is 25.6 Å². The van der Waals surface area contributed by atoms with Gasteiger partial charge >= 0.3 is 0 Å². The van der Waals surface area contributed by atoms with Crippen LogP contribution in [0.4, 0.5) is 29.2 Å². The van der Waals surface area contributed by atoms with Crippen LogP contribution in [0.1, 0.15) is 51.4 Å². The van der Waals surface area contributed by atoms with E-state index in [4.69, 9.17) is 24.4 Å². The molecular weight excluding hydrogens is 612 g/mol. The summed E-state index contributed by atoms with van der Waals surface area (Å²) in [6.45, 7) is 6.60. The molecule has 0 unspecified atom stereocenters. The molecule has 1 saturated heterocycles. The monoisotopic (exact) mass is 662 g/mol. The van der Waals surface area contributed by atoms with Gasteiger partial charge in [-0.05, 0) is 68.2 Å². The van der Waals surface area contributed by atoms with E-state index in [1.54, 1.807) is 12.1 Å². The molecule has 0 radical (unpaired) electrons. The number of amides is 1. The predicted molar refractivity (Wildman–Crippen MR) is 189 cm³/mol. The fourth-order valence-electron chi connectivity index (χ4n) is 6.05. The lowest BCUT2D eigenvalue weighted by molar-refractivity contribution is -0.120. The SMILES string of the molecule is CNCCOCCOCCNC(=O)CC1=CC=C(Nc2nc(NC3CCCCC3)nc(N3CCN(c4ccc(N=O)cc4)CC3)n2)CC1. The first-order chi connectivity index (χ1) is 23.6. The zero-order chi connectivity index (χ0) is 33.4. The maximum absolute atomic E-state index is 12.5. The van der Waals surface area contributed by atoms with Crippen molar-refractivity contribution in [2.24, 2.45) is 5.18 Å². The summed E-state index contributed by atoms with van der Waals surface area (Å²) in [6, 6.07) is 7.74. The lowest BCUT2D eigenvalue weighted by Crippen LogP contribution is -2.47. The fourth-order valence-corrected chi connectivity index (χ4v) is 6.05. The number of carbonyl (C=O) groups is 1. The molecule has 0 atom stereocenters. The number of likely N-dealkylation sites (N-methyl/N-ethyl adjacent to an activating group) is 1. The third kappa shape index (κ3) is 11.2. The predicted octanol–water partition coefficient (Wildman–Crippen LogP) is 4.12. The van der Waals surface area contributed by atoms with E-state index < -0.39 is 0 Å². The van der Waals surface area contributed by atoms with Crippen LogP contribution in [0.3, 0.4) is 0 Å². The molecule has 1 saturated carbocycles. The average Bonchev–Trinajstić information content (AvgIpc) is 3.12. The fraction of sp³-hybridized carbons (Fsp3) is 0.588. The van der Waals surface area contributed by atoms with E-state index in [0.717, 1.165) is 75.4 Å². The summed E-state index contributed by atoms with van der Waals surface area (Å²) in [6.07, 6.45) is 11.9. The van der Waals surface area contributed by atoms with Crippen molar-refractivity contribution >= 4 is 35.1 Å². The zero-order valence-electron chi connectivity index (χ0n) is 28.1. The number of ether oxygens (including phenoxy) is 2. The number of hydrogen-bond donors (Lipinski definition) is 4. The average molecular weight is 663 g/mol. The molecule has 2 aromatic rings. The Balaban J connectivity index is 1.14. The number of carbonyl (C=O) groups excluding carboxylic acids is 1. The van der Waals surface area contributed by atoms with Crippen LogP contribution in [-0.4, -0.2) is 99.6 Å². The molecule has 1 aromatic heterocycles. The Morgan fingerprint density at radius 2 is 1.56 bits per heavy atom. The summed E-state index contributed by atoms with van der Waals surface area (Å²) in [4.78, 5) is 42.3. The van der Waals surface area contributed by atoms with Crippen molar-refractivity contribution in [3.05, 3.63) is 52.6 Å². The van der Waals surface area contributed by atoms with Crippen molar-refractivity contribution in [3.8, 4) is 0 Å². The quantitative estimate of drug-likeness (QED) is 0.134. The van der Waals surface area contributed by atoms with Gasteiger partial charge in [-0.1, -0.05) is 30.9 Å². The molecule has 1 aromatic carbocycles. The van der Waals surface area contributed by atoms with E-state index in [9.17, 15) is 9.70 Å². The first-order valence-electron chi connectivity index (χ1n) is 17.3. The van der Waals surface area contributed by atoms with Gasteiger partial charge in [-0.3, -0.25) is 4.79 Å². The lowest BCUT2D eigenvalue weighted by Gasteiger charge is -2.36. The molecule has 0 spiro atoms. The summed E-state index contributed by atoms with van der Waals surface area (Å²) in [7, 11) is 1.89. The molecule has 2 aliphatic carbocycles. The van der Waals surface area contributed by atoms with Crippen LogP contribution in [0.15, 0.2) is 52.9 Å². The van der Waals surface area contributed by atoms with E-state index in [-0.39, 0.29) is 5.91 Å². The molecule has 260 valence electrons. The van der Waals surface area contributed by atoms with E-state index in [2.05, 4.69) is 36.2 Å². The lowest BCUT2D eigenvalue weighted by atomic mass is 9.96. The molecule has 3 aliphatic rings. The molecular formula is C34H50N10O4. The van der Waals surface area contributed by atoms with E-state index >= 15 is 0 Å². The zero-order valence-corrected chi connectivity index (χ0v) is 28.1. The second kappa shape index (κ2) is 19.0. The van der Waals surface area contributed by atoms with Gasteiger partial charge in [0.05, 0.1) is 26.4 Å². The third-order valence-electron chi connectivity index (χ3n) is 8.78. The highest BCUT2D eigenvalue weighted by Gasteiger charge is 2.23. The maximum Gasteiger partial charge on any atom is 0.233 e. The second-order valence-corrected chi connectivity index (χ2v) is 12.3. The Morgan fingerprint density at radius 3 is 2.25 bits per heavy atom. The summed E-state index contributed by atoms with van der Waals surface area (Å²) < 4.78 is 10.9. The molecule has 2 heterocycles. The Labute approximate surface area is 283 Å². The van der Waals surface area contributed by atoms with Crippen LogP contribution in [0.2, 0.25) is 0 Å². The molecule has 1 amide bonds. The standard InChI is InChI=1S/C34H50N10O4/c1-35-15-21-47-23-24-48-22-16-36-31(45)25-26-7-9-28(10-8-26)38-33-39-32(37-27-5-3-2-4-6-27)40-34(41-33)44-19-17-43(18-20-44)30-13-11-29(42-46)12-14-30/h7,9,11-14,27,35H,2-6,8,10,15-25H2,1H3,(H,36,45)(H2,37,38,39,40,41). The van der Waals surface area contributed by atoms with Gasteiger partial charge in [0, 0.05) is 63.1 Å². The smallest absolute Gasteiger partial charge is 0.233 e. The summed E-state index contributed by atoms with van der Waals surface area (Å²) in [5, 5.41) is 16.0. The van der Waals surface area contributed by atoms with Crippen molar-refractivity contribution in [2.45, 2.75) is 57.4 Å². The molecule has 2 fully saturated rings. The van der Waals surface area contributed by atoms with Gasteiger partial charge in [-0.25, -0.2) is 0 Å². The summed E-state index contributed by atoms with van der Waals surface area (Å²) in [5.41, 5.74) is 3.59. The molecule has 0 bridgehead atoms. The van der Waals surface area contributed by atoms with Gasteiger partial charge in [0.15, 0.2) is 0 Å². The van der Waals surface area contributed by atoms with Crippen LogP contribution in [0.25, 0.3) is 0 Å². The minimum Gasteiger partial charge on any atom is -0.378 e. The first kappa shape index (κ1) is 35.2. The summed E-state index contributed by atoms with van der Waals surface area (Å²) >= 11 is 0. The van der Waals surface area contributed by atoms with Gasteiger partial charge in [-0.15, -0.1) is 4.91 Å². The van der Waals surface area contributed by atoms with Crippen LogP contribution in [0.5, 0.6) is 0 Å². The van der Waals surface area contributed by atoms with E-state index in [0.29, 0.717) is 69.0 Å². The van der Waals surface area contributed by atoms with Gasteiger partial charge < -0.3 is 40.5 Å². The number of benzene rings is 1. The number of rotatable bonds is 18. The third-order valence-corrected chi connectivity index (χ3v) is 8.78. The van der Waals surface area contributed by atoms with Crippen molar-refractivity contribution in [1.29, 1.82) is 0 Å². The van der Waals surface area contributed by atoms with Gasteiger partial charge in [-0.2, -0.15) is 15.0 Å². The molecule has 14 heteroatoms. The number of nitrogens with one attached hydrogen (secondary N) is 4. The first-order valence-corrected chi connectivity index (χ1v) is 17.3. The molecule has 4 N–H and O–H groups in total. The number of nitrogens with zero attached hydrogens (tertiary/aromatic N) is 6. The Bertz CT molecular complexity index is 1370. The van der Waals surface area contributed by atoms with Gasteiger partial charge in [0.2, 0.25) is 23.8 Å². The number of allylic oxidation sites excluding steroid dienone is 3. The van der Waals surface area contributed by atoms with Crippen molar-refractivity contribution in [3.63, 3.8) is 0 Å². The van der Waals surface area contributed by atoms with Gasteiger partial charge in [0.25, 0.3) is 0 Å². The van der Waals surface area contributed by atoms with Crippen LogP contribution >= 0.6 is 0 Å². The molecule has 5 rings (SSSR count).